The standard InChI is InChI=1S/C12H21F3N2O2/c1-2-6-17(10-3-5-16-8-10)11(18)4-7-19-9-12(13,14)15/h10,16H,2-9H2,1H3. The highest BCUT2D eigenvalue weighted by molar-refractivity contribution is 5.76. The monoisotopic (exact) mass is 282 g/mol. The zero-order chi connectivity index (χ0) is 14.3. The number of alkyl halides is 3. The fourth-order valence-electron chi connectivity index (χ4n) is 2.15. The predicted molar refractivity (Wildman–Crippen MR) is 64.8 cm³/mol. The van der Waals surface area contributed by atoms with Crippen LogP contribution in [0.25, 0.3) is 0 Å². The molecule has 1 fully saturated rings. The lowest BCUT2D eigenvalue weighted by atomic mass is 10.2. The topological polar surface area (TPSA) is 41.6 Å². The Balaban J connectivity index is 2.31. The molecule has 4 nitrogen and oxygen atoms in total. The average molecular weight is 282 g/mol. The molecule has 1 atom stereocenters. The number of amides is 1. The van der Waals surface area contributed by atoms with E-state index < -0.39 is 12.8 Å². The molecule has 0 aromatic rings. The Morgan fingerprint density at radius 3 is 2.74 bits per heavy atom. The molecule has 0 aromatic carbocycles. The van der Waals surface area contributed by atoms with Gasteiger partial charge in [0.2, 0.25) is 5.91 Å². The Labute approximate surface area is 111 Å². The van der Waals surface area contributed by atoms with Crippen LogP contribution in [0, 0.1) is 0 Å². The summed E-state index contributed by atoms with van der Waals surface area (Å²) in [6.45, 7) is 2.78. The molecule has 0 spiro atoms. The van der Waals surface area contributed by atoms with Gasteiger partial charge in [0.25, 0.3) is 0 Å². The van der Waals surface area contributed by atoms with Crippen molar-refractivity contribution in [3.8, 4) is 0 Å². The smallest absolute Gasteiger partial charge is 0.372 e. The van der Waals surface area contributed by atoms with Gasteiger partial charge in [0.05, 0.1) is 13.0 Å². The molecule has 1 N–H and O–H groups in total. The molecule has 1 rings (SSSR count). The third kappa shape index (κ3) is 6.24. The van der Waals surface area contributed by atoms with Crippen molar-refractivity contribution in [2.45, 2.75) is 38.4 Å². The summed E-state index contributed by atoms with van der Waals surface area (Å²) in [5, 5.41) is 3.18. The minimum Gasteiger partial charge on any atom is -0.372 e. The van der Waals surface area contributed by atoms with E-state index in [1.54, 1.807) is 4.90 Å². The van der Waals surface area contributed by atoms with Crippen LogP contribution in [0.2, 0.25) is 0 Å². The van der Waals surface area contributed by atoms with Crippen LogP contribution in [-0.2, 0) is 9.53 Å². The Morgan fingerprint density at radius 2 is 2.21 bits per heavy atom. The Bertz CT molecular complexity index is 279. The molecular formula is C12H21F3N2O2. The molecule has 19 heavy (non-hydrogen) atoms. The van der Waals surface area contributed by atoms with Crippen molar-refractivity contribution in [2.75, 3.05) is 32.8 Å². The van der Waals surface area contributed by atoms with E-state index in [1.165, 1.54) is 0 Å². The molecule has 7 heteroatoms. The van der Waals surface area contributed by atoms with Gasteiger partial charge in [-0.3, -0.25) is 4.79 Å². The predicted octanol–water partition coefficient (Wildman–Crippen LogP) is 1.56. The van der Waals surface area contributed by atoms with Crippen LogP contribution in [-0.4, -0.2) is 55.9 Å². The van der Waals surface area contributed by atoms with Gasteiger partial charge in [0.15, 0.2) is 0 Å². The first kappa shape index (κ1) is 16.2. The quantitative estimate of drug-likeness (QED) is 0.720. The zero-order valence-corrected chi connectivity index (χ0v) is 11.1. The zero-order valence-electron chi connectivity index (χ0n) is 11.1. The third-order valence-corrected chi connectivity index (χ3v) is 2.99. The first-order valence-electron chi connectivity index (χ1n) is 6.58. The lowest BCUT2D eigenvalue weighted by Gasteiger charge is -2.28. The maximum absolute atomic E-state index is 12.0. The van der Waals surface area contributed by atoms with Crippen LogP contribution in [0.5, 0.6) is 0 Å². The molecule has 0 aromatic heterocycles. The van der Waals surface area contributed by atoms with Crippen LogP contribution in [0.3, 0.4) is 0 Å². The van der Waals surface area contributed by atoms with Crippen LogP contribution < -0.4 is 5.32 Å². The van der Waals surface area contributed by atoms with E-state index in [4.69, 9.17) is 0 Å². The van der Waals surface area contributed by atoms with Gasteiger partial charge in [-0.1, -0.05) is 6.92 Å². The summed E-state index contributed by atoms with van der Waals surface area (Å²) in [5.41, 5.74) is 0. The molecule has 0 saturated carbocycles. The van der Waals surface area contributed by atoms with Crippen molar-refractivity contribution in [1.29, 1.82) is 0 Å². The summed E-state index contributed by atoms with van der Waals surface area (Å²) < 4.78 is 40.1. The van der Waals surface area contributed by atoms with E-state index in [9.17, 15) is 18.0 Å². The molecule has 0 aliphatic carbocycles. The summed E-state index contributed by atoms with van der Waals surface area (Å²) in [4.78, 5) is 13.7. The van der Waals surface area contributed by atoms with Gasteiger partial charge in [-0.2, -0.15) is 13.2 Å². The van der Waals surface area contributed by atoms with Crippen LogP contribution in [0.4, 0.5) is 13.2 Å². The number of ether oxygens (including phenoxy) is 1. The Kier molecular flexibility index (Phi) is 6.57. The second kappa shape index (κ2) is 7.69. The van der Waals surface area contributed by atoms with Gasteiger partial charge in [-0.25, -0.2) is 0 Å². The highest BCUT2D eigenvalue weighted by Crippen LogP contribution is 2.15. The van der Waals surface area contributed by atoms with E-state index >= 15 is 0 Å². The Morgan fingerprint density at radius 1 is 1.47 bits per heavy atom. The number of hydrogen-bond donors (Lipinski definition) is 1. The minimum atomic E-state index is -4.33. The summed E-state index contributed by atoms with van der Waals surface area (Å²) in [6.07, 6.45) is -2.59. The highest BCUT2D eigenvalue weighted by atomic mass is 19.4. The van der Waals surface area contributed by atoms with Gasteiger partial charge in [0.1, 0.15) is 6.61 Å². The average Bonchev–Trinajstić information content (AvgIpc) is 2.83. The summed E-state index contributed by atoms with van der Waals surface area (Å²) >= 11 is 0. The first-order valence-corrected chi connectivity index (χ1v) is 6.58. The van der Waals surface area contributed by atoms with Crippen molar-refractivity contribution >= 4 is 5.91 Å². The maximum Gasteiger partial charge on any atom is 0.411 e. The molecule has 0 radical (unpaired) electrons. The molecule has 1 unspecified atom stereocenters. The fourth-order valence-corrected chi connectivity index (χ4v) is 2.15. The molecule has 1 aliphatic heterocycles. The van der Waals surface area contributed by atoms with Gasteiger partial charge in [-0.05, 0) is 19.4 Å². The van der Waals surface area contributed by atoms with Crippen LogP contribution in [0.15, 0.2) is 0 Å². The van der Waals surface area contributed by atoms with E-state index in [2.05, 4.69) is 10.1 Å². The molecule has 1 heterocycles. The number of nitrogens with zero attached hydrogens (tertiary/aromatic N) is 1. The second-order valence-corrected chi connectivity index (χ2v) is 4.65. The molecule has 1 aliphatic rings. The normalized spacial score (nSPS) is 19.7. The van der Waals surface area contributed by atoms with Gasteiger partial charge < -0.3 is 15.0 Å². The van der Waals surface area contributed by atoms with E-state index in [-0.39, 0.29) is 25.0 Å². The SMILES string of the molecule is CCCN(C(=O)CCOCC(F)(F)F)C1CCNC1. The van der Waals surface area contributed by atoms with Gasteiger partial charge in [-0.15, -0.1) is 0 Å². The number of rotatable bonds is 7. The van der Waals surface area contributed by atoms with E-state index in [0.29, 0.717) is 6.54 Å². The fraction of sp³-hybridized carbons (Fsp3) is 0.917. The van der Waals surface area contributed by atoms with E-state index in [0.717, 1.165) is 25.9 Å². The first-order chi connectivity index (χ1) is 8.94. The number of carbonyl (C=O) groups excluding carboxylic acids is 1. The van der Waals surface area contributed by atoms with Gasteiger partial charge in [0, 0.05) is 19.1 Å². The Hall–Kier alpha value is -0.820. The van der Waals surface area contributed by atoms with Crippen LogP contribution >= 0.6 is 0 Å². The molecule has 112 valence electrons. The van der Waals surface area contributed by atoms with Crippen molar-refractivity contribution in [2.24, 2.45) is 0 Å². The highest BCUT2D eigenvalue weighted by Gasteiger charge is 2.28. The maximum atomic E-state index is 12.0. The molecule has 1 saturated heterocycles. The number of carbonyl (C=O) groups is 1. The van der Waals surface area contributed by atoms with Crippen LogP contribution in [0.1, 0.15) is 26.2 Å². The number of halogens is 3. The van der Waals surface area contributed by atoms with Crippen molar-refractivity contribution in [3.63, 3.8) is 0 Å². The lowest BCUT2D eigenvalue weighted by Crippen LogP contribution is -2.42. The van der Waals surface area contributed by atoms with Crippen molar-refractivity contribution < 1.29 is 22.7 Å². The molecule has 0 bridgehead atoms. The van der Waals surface area contributed by atoms with Crippen molar-refractivity contribution in [3.05, 3.63) is 0 Å². The lowest BCUT2D eigenvalue weighted by molar-refractivity contribution is -0.175. The van der Waals surface area contributed by atoms with Crippen molar-refractivity contribution in [1.82, 2.24) is 10.2 Å². The summed E-state index contributed by atoms with van der Waals surface area (Å²) in [6, 6.07) is 0.162. The summed E-state index contributed by atoms with van der Waals surface area (Å²) in [5.74, 6) is -0.127. The summed E-state index contributed by atoms with van der Waals surface area (Å²) in [7, 11) is 0. The second-order valence-electron chi connectivity index (χ2n) is 4.65. The third-order valence-electron chi connectivity index (χ3n) is 2.99. The van der Waals surface area contributed by atoms with E-state index in [1.807, 2.05) is 6.92 Å². The largest absolute Gasteiger partial charge is 0.411 e. The molecule has 1 amide bonds. The molecular weight excluding hydrogens is 261 g/mol. The van der Waals surface area contributed by atoms with Gasteiger partial charge >= 0.3 is 6.18 Å². The number of nitrogens with one attached hydrogen (secondary N) is 1. The minimum absolute atomic E-state index is 0.00653. The number of hydrogen-bond acceptors (Lipinski definition) is 3.